The van der Waals surface area contributed by atoms with Gasteiger partial charge in [-0.15, -0.1) is 0 Å². The van der Waals surface area contributed by atoms with Gasteiger partial charge in [0.15, 0.2) is 0 Å². The molecule has 0 aliphatic rings. The molecule has 0 fully saturated rings. The van der Waals surface area contributed by atoms with Crippen molar-refractivity contribution in [2.24, 2.45) is 0 Å². The number of hydrogen-bond acceptors (Lipinski definition) is 4. The van der Waals surface area contributed by atoms with E-state index in [1.807, 2.05) is 48.5 Å². The Kier molecular flexibility index (Phi) is 5.88. The highest BCUT2D eigenvalue weighted by molar-refractivity contribution is 8.00. The van der Waals surface area contributed by atoms with Gasteiger partial charge < -0.3 is 5.32 Å². The fraction of sp³-hybridized carbons (Fsp3) is 0.190. The summed E-state index contributed by atoms with van der Waals surface area (Å²) in [5.74, 6) is 0.151. The SMILES string of the molecule is CCc1ccc2nc(SCC(=O)NCc3ccccc3)c(C#N)cc2c1. The molecule has 0 radical (unpaired) electrons. The monoisotopic (exact) mass is 361 g/mol. The molecule has 2 aromatic carbocycles. The largest absolute Gasteiger partial charge is 0.351 e. The molecular formula is C21H19N3OS. The number of aryl methyl sites for hydroxylation is 1. The highest BCUT2D eigenvalue weighted by atomic mass is 32.2. The number of amides is 1. The Hall–Kier alpha value is -2.84. The molecule has 4 nitrogen and oxygen atoms in total. The van der Waals surface area contributed by atoms with Gasteiger partial charge in [-0.05, 0) is 35.7 Å². The molecule has 0 bridgehead atoms. The highest BCUT2D eigenvalue weighted by Crippen LogP contribution is 2.25. The van der Waals surface area contributed by atoms with Crippen molar-refractivity contribution in [3.05, 3.63) is 71.3 Å². The highest BCUT2D eigenvalue weighted by Gasteiger charge is 2.10. The lowest BCUT2D eigenvalue weighted by Gasteiger charge is -2.08. The van der Waals surface area contributed by atoms with E-state index in [0.29, 0.717) is 17.1 Å². The molecule has 5 heteroatoms. The Morgan fingerprint density at radius 1 is 1.15 bits per heavy atom. The molecule has 0 aliphatic heterocycles. The summed E-state index contributed by atoms with van der Waals surface area (Å²) >= 11 is 1.29. The second-order valence-electron chi connectivity index (χ2n) is 5.88. The number of pyridine rings is 1. The average Bonchev–Trinajstić information content (AvgIpc) is 2.70. The molecule has 0 unspecified atom stereocenters. The molecule has 3 aromatic rings. The van der Waals surface area contributed by atoms with Crippen molar-refractivity contribution in [3.8, 4) is 6.07 Å². The van der Waals surface area contributed by atoms with Crippen LogP contribution >= 0.6 is 11.8 Å². The summed E-state index contributed by atoms with van der Waals surface area (Å²) in [5.41, 5.74) is 3.61. The van der Waals surface area contributed by atoms with Crippen LogP contribution in [-0.4, -0.2) is 16.6 Å². The summed E-state index contributed by atoms with van der Waals surface area (Å²) in [6.07, 6.45) is 0.940. The third-order valence-corrected chi connectivity index (χ3v) is 5.04. The Morgan fingerprint density at radius 3 is 2.69 bits per heavy atom. The van der Waals surface area contributed by atoms with Crippen molar-refractivity contribution in [2.45, 2.75) is 24.9 Å². The lowest BCUT2D eigenvalue weighted by Crippen LogP contribution is -2.24. The van der Waals surface area contributed by atoms with Gasteiger partial charge in [-0.25, -0.2) is 4.98 Å². The smallest absolute Gasteiger partial charge is 0.230 e. The second kappa shape index (κ2) is 8.50. The first-order valence-corrected chi connectivity index (χ1v) is 9.45. The summed E-state index contributed by atoms with van der Waals surface area (Å²) in [7, 11) is 0. The number of nitrogens with one attached hydrogen (secondary N) is 1. The minimum absolute atomic E-state index is 0.0778. The molecule has 1 heterocycles. The first-order chi connectivity index (χ1) is 12.7. The molecule has 1 amide bonds. The van der Waals surface area contributed by atoms with Crippen LogP contribution in [-0.2, 0) is 17.8 Å². The molecule has 0 saturated heterocycles. The standard InChI is InChI=1S/C21H19N3OS/c1-2-15-8-9-19-17(10-15)11-18(12-22)21(24-19)26-14-20(25)23-13-16-6-4-3-5-7-16/h3-11H,2,13-14H2,1H3,(H,23,25). The fourth-order valence-corrected chi connectivity index (χ4v) is 3.39. The number of hydrogen-bond donors (Lipinski definition) is 1. The molecule has 130 valence electrons. The lowest BCUT2D eigenvalue weighted by molar-refractivity contribution is -0.118. The zero-order chi connectivity index (χ0) is 18.4. The maximum Gasteiger partial charge on any atom is 0.230 e. The number of nitriles is 1. The summed E-state index contributed by atoms with van der Waals surface area (Å²) in [6, 6.07) is 19.9. The maximum atomic E-state index is 12.1. The minimum Gasteiger partial charge on any atom is -0.351 e. The van der Waals surface area contributed by atoms with Gasteiger partial charge in [0.25, 0.3) is 0 Å². The number of fused-ring (bicyclic) bond motifs is 1. The Balaban J connectivity index is 1.68. The van der Waals surface area contributed by atoms with E-state index in [9.17, 15) is 10.1 Å². The topological polar surface area (TPSA) is 65.8 Å². The third-order valence-electron chi connectivity index (χ3n) is 4.05. The zero-order valence-electron chi connectivity index (χ0n) is 14.5. The van der Waals surface area contributed by atoms with Crippen LogP contribution in [0.25, 0.3) is 10.9 Å². The molecular weight excluding hydrogens is 342 g/mol. The van der Waals surface area contributed by atoms with Crippen LogP contribution in [0.5, 0.6) is 0 Å². The maximum absolute atomic E-state index is 12.1. The van der Waals surface area contributed by atoms with Gasteiger partial charge in [0.2, 0.25) is 5.91 Å². The predicted octanol–water partition coefficient (Wildman–Crippen LogP) is 4.08. The van der Waals surface area contributed by atoms with Crippen LogP contribution in [0.15, 0.2) is 59.6 Å². The van der Waals surface area contributed by atoms with Crippen molar-refractivity contribution in [1.82, 2.24) is 10.3 Å². The summed E-state index contributed by atoms with van der Waals surface area (Å²) < 4.78 is 0. The Morgan fingerprint density at radius 2 is 1.96 bits per heavy atom. The zero-order valence-corrected chi connectivity index (χ0v) is 15.3. The van der Waals surface area contributed by atoms with Gasteiger partial charge in [0, 0.05) is 11.9 Å². The van der Waals surface area contributed by atoms with E-state index in [1.165, 1.54) is 17.3 Å². The van der Waals surface area contributed by atoms with Gasteiger partial charge in [0.1, 0.15) is 11.1 Å². The van der Waals surface area contributed by atoms with Gasteiger partial charge in [-0.2, -0.15) is 5.26 Å². The van der Waals surface area contributed by atoms with Gasteiger partial charge >= 0.3 is 0 Å². The molecule has 1 N–H and O–H groups in total. The quantitative estimate of drug-likeness (QED) is 0.672. The van der Waals surface area contributed by atoms with E-state index < -0.39 is 0 Å². The molecule has 0 atom stereocenters. The Bertz CT molecular complexity index is 964. The first-order valence-electron chi connectivity index (χ1n) is 8.47. The number of carbonyl (C=O) groups is 1. The first kappa shape index (κ1) is 18.0. The molecule has 0 saturated carbocycles. The van der Waals surface area contributed by atoms with Crippen LogP contribution in [0.4, 0.5) is 0 Å². The van der Waals surface area contributed by atoms with Crippen molar-refractivity contribution < 1.29 is 4.79 Å². The van der Waals surface area contributed by atoms with Crippen molar-refractivity contribution in [1.29, 1.82) is 5.26 Å². The van der Waals surface area contributed by atoms with Gasteiger partial charge in [-0.3, -0.25) is 4.79 Å². The molecule has 0 aliphatic carbocycles. The van der Waals surface area contributed by atoms with E-state index in [4.69, 9.17) is 0 Å². The molecule has 0 spiro atoms. The minimum atomic E-state index is -0.0778. The third kappa shape index (κ3) is 4.41. The fourth-order valence-electron chi connectivity index (χ4n) is 2.60. The van der Waals surface area contributed by atoms with E-state index in [1.54, 1.807) is 0 Å². The van der Waals surface area contributed by atoms with E-state index in [-0.39, 0.29) is 11.7 Å². The molecule has 1 aromatic heterocycles. The van der Waals surface area contributed by atoms with Crippen LogP contribution in [0, 0.1) is 11.3 Å². The number of nitrogens with zero attached hydrogens (tertiary/aromatic N) is 2. The van der Waals surface area contributed by atoms with Gasteiger partial charge in [0.05, 0.1) is 16.8 Å². The normalized spacial score (nSPS) is 10.5. The van der Waals surface area contributed by atoms with Crippen LogP contribution < -0.4 is 5.32 Å². The second-order valence-corrected chi connectivity index (χ2v) is 6.85. The van der Waals surface area contributed by atoms with E-state index in [0.717, 1.165) is 22.9 Å². The van der Waals surface area contributed by atoms with E-state index in [2.05, 4.69) is 29.4 Å². The number of rotatable bonds is 6. The predicted molar refractivity (Wildman–Crippen MR) is 105 cm³/mol. The van der Waals surface area contributed by atoms with Crippen molar-refractivity contribution >= 4 is 28.6 Å². The number of benzene rings is 2. The van der Waals surface area contributed by atoms with Crippen molar-refractivity contribution in [2.75, 3.05) is 5.75 Å². The molecule has 3 rings (SSSR count). The lowest BCUT2D eigenvalue weighted by atomic mass is 10.1. The van der Waals surface area contributed by atoms with E-state index >= 15 is 0 Å². The summed E-state index contributed by atoms with van der Waals surface area (Å²) in [5, 5.41) is 13.9. The van der Waals surface area contributed by atoms with Crippen molar-refractivity contribution in [3.63, 3.8) is 0 Å². The summed E-state index contributed by atoms with van der Waals surface area (Å²) in [6.45, 7) is 2.59. The van der Waals surface area contributed by atoms with Crippen LogP contribution in [0.3, 0.4) is 0 Å². The number of carbonyl (C=O) groups excluding carboxylic acids is 1. The molecule has 26 heavy (non-hydrogen) atoms. The van der Waals surface area contributed by atoms with Crippen LogP contribution in [0.1, 0.15) is 23.6 Å². The summed E-state index contributed by atoms with van der Waals surface area (Å²) in [4.78, 5) is 16.7. The average molecular weight is 361 g/mol. The number of aromatic nitrogens is 1. The Labute approximate surface area is 157 Å². The number of thioether (sulfide) groups is 1. The van der Waals surface area contributed by atoms with Gasteiger partial charge in [-0.1, -0.05) is 55.1 Å². The van der Waals surface area contributed by atoms with Crippen LogP contribution in [0.2, 0.25) is 0 Å².